The molecule has 0 aliphatic carbocycles. The zero-order chi connectivity index (χ0) is 17.4. The van der Waals surface area contributed by atoms with Crippen molar-refractivity contribution in [2.24, 2.45) is 0 Å². The van der Waals surface area contributed by atoms with Crippen LogP contribution in [0.25, 0.3) is 0 Å². The van der Waals surface area contributed by atoms with Gasteiger partial charge >= 0.3 is 0 Å². The molecule has 1 aromatic carbocycles. The van der Waals surface area contributed by atoms with Crippen molar-refractivity contribution in [1.29, 1.82) is 0 Å². The van der Waals surface area contributed by atoms with Crippen molar-refractivity contribution < 1.29 is 9.90 Å². The molecule has 124 valence electrons. The van der Waals surface area contributed by atoms with Crippen molar-refractivity contribution >= 4 is 27.5 Å². The van der Waals surface area contributed by atoms with Gasteiger partial charge in [-0.1, -0.05) is 40.7 Å². The molecular formula is C17H22BrN3O2. The Kier molecular flexibility index (Phi) is 4.84. The van der Waals surface area contributed by atoms with Crippen molar-refractivity contribution in [2.75, 3.05) is 5.32 Å². The van der Waals surface area contributed by atoms with Crippen LogP contribution in [0.1, 0.15) is 62.3 Å². The quantitative estimate of drug-likeness (QED) is 0.684. The number of carbonyl (C=O) groups is 1. The number of benzene rings is 1. The summed E-state index contributed by atoms with van der Waals surface area (Å²) in [7, 11) is 0. The van der Waals surface area contributed by atoms with E-state index in [0.717, 1.165) is 11.3 Å². The number of carbonyl (C=O) groups excluding carboxylic acids is 1. The molecule has 1 amide bonds. The molecule has 0 saturated carbocycles. The highest BCUT2D eigenvalue weighted by atomic mass is 79.9. The molecular weight excluding hydrogens is 358 g/mol. The van der Waals surface area contributed by atoms with Crippen LogP contribution in [0.2, 0.25) is 0 Å². The molecule has 0 aliphatic rings. The van der Waals surface area contributed by atoms with Crippen LogP contribution in [0.4, 0.5) is 5.69 Å². The van der Waals surface area contributed by atoms with Crippen LogP contribution in [0.3, 0.4) is 0 Å². The van der Waals surface area contributed by atoms with Gasteiger partial charge in [0.15, 0.2) is 5.69 Å². The Hall–Kier alpha value is -1.82. The van der Waals surface area contributed by atoms with E-state index in [0.29, 0.717) is 10.2 Å². The first-order valence-corrected chi connectivity index (χ1v) is 8.29. The van der Waals surface area contributed by atoms with Gasteiger partial charge in [0.25, 0.3) is 5.91 Å². The molecule has 23 heavy (non-hydrogen) atoms. The second-order valence-corrected chi connectivity index (χ2v) is 7.68. The van der Waals surface area contributed by atoms with E-state index in [1.54, 1.807) is 12.1 Å². The van der Waals surface area contributed by atoms with E-state index < -0.39 is 0 Å². The van der Waals surface area contributed by atoms with Crippen LogP contribution < -0.4 is 5.32 Å². The Morgan fingerprint density at radius 2 is 2.00 bits per heavy atom. The zero-order valence-corrected chi connectivity index (χ0v) is 15.6. The second-order valence-electron chi connectivity index (χ2n) is 6.89. The average molecular weight is 380 g/mol. The number of hydrogen-bond acceptors (Lipinski definition) is 3. The summed E-state index contributed by atoms with van der Waals surface area (Å²) in [6.07, 6.45) is 0. The van der Waals surface area contributed by atoms with Crippen LogP contribution in [-0.2, 0) is 5.41 Å². The number of nitrogens with zero attached hydrogens (tertiary/aromatic N) is 1. The van der Waals surface area contributed by atoms with Crippen LogP contribution >= 0.6 is 15.9 Å². The van der Waals surface area contributed by atoms with Crippen molar-refractivity contribution in [1.82, 2.24) is 10.2 Å². The molecule has 1 heterocycles. The molecule has 0 atom stereocenters. The van der Waals surface area contributed by atoms with E-state index in [4.69, 9.17) is 0 Å². The number of aromatic nitrogens is 2. The van der Waals surface area contributed by atoms with E-state index in [-0.39, 0.29) is 28.7 Å². The Labute approximate surface area is 144 Å². The van der Waals surface area contributed by atoms with Crippen LogP contribution in [0.15, 0.2) is 22.7 Å². The summed E-state index contributed by atoms with van der Waals surface area (Å²) in [5.74, 6) is -0.125. The minimum atomic E-state index is -0.374. The van der Waals surface area contributed by atoms with Gasteiger partial charge in [0.2, 0.25) is 0 Å². The lowest BCUT2D eigenvalue weighted by Crippen LogP contribution is -2.15. The number of hydrogen-bond donors (Lipinski definition) is 3. The van der Waals surface area contributed by atoms with Crippen molar-refractivity contribution in [3.8, 4) is 5.75 Å². The Morgan fingerprint density at radius 3 is 2.52 bits per heavy atom. The van der Waals surface area contributed by atoms with E-state index >= 15 is 0 Å². The third-order valence-electron chi connectivity index (χ3n) is 3.64. The fourth-order valence-corrected chi connectivity index (χ4v) is 2.97. The van der Waals surface area contributed by atoms with E-state index in [1.807, 2.05) is 19.9 Å². The topological polar surface area (TPSA) is 78.0 Å². The summed E-state index contributed by atoms with van der Waals surface area (Å²) >= 11 is 3.41. The smallest absolute Gasteiger partial charge is 0.277 e. The van der Waals surface area contributed by atoms with Gasteiger partial charge in [0.1, 0.15) is 5.75 Å². The number of nitrogens with one attached hydrogen (secondary N) is 2. The number of rotatable bonds is 3. The maximum atomic E-state index is 12.4. The molecule has 1 aromatic heterocycles. The number of phenolic OH excluding ortho intramolecular Hbond substituents is 1. The van der Waals surface area contributed by atoms with E-state index in [9.17, 15) is 9.90 Å². The molecule has 0 aliphatic heterocycles. The first kappa shape index (κ1) is 17.5. The van der Waals surface area contributed by atoms with Gasteiger partial charge in [0, 0.05) is 0 Å². The predicted octanol–water partition coefficient (Wildman–Crippen LogP) is 4.55. The van der Waals surface area contributed by atoms with E-state index in [2.05, 4.69) is 52.2 Å². The van der Waals surface area contributed by atoms with Crippen LogP contribution in [0.5, 0.6) is 5.75 Å². The number of halogens is 1. The van der Waals surface area contributed by atoms with Gasteiger partial charge in [-0.05, 0) is 45.0 Å². The number of anilines is 1. The zero-order valence-electron chi connectivity index (χ0n) is 14.0. The minimum absolute atomic E-state index is 0.0297. The second kappa shape index (κ2) is 6.35. The number of H-pyrrole nitrogens is 1. The molecule has 2 aromatic rings. The molecule has 0 spiro atoms. The fraction of sp³-hybridized carbons (Fsp3) is 0.412. The van der Waals surface area contributed by atoms with Gasteiger partial charge in [-0.15, -0.1) is 0 Å². The normalized spacial score (nSPS) is 11.8. The largest absolute Gasteiger partial charge is 0.506 e. The van der Waals surface area contributed by atoms with Crippen LogP contribution in [0, 0.1) is 0 Å². The molecule has 3 N–H and O–H groups in total. The Bertz CT molecular complexity index is 730. The van der Waals surface area contributed by atoms with Crippen molar-refractivity contribution in [2.45, 2.75) is 46.0 Å². The first-order valence-electron chi connectivity index (χ1n) is 7.50. The highest BCUT2D eigenvalue weighted by Crippen LogP contribution is 2.32. The predicted molar refractivity (Wildman–Crippen MR) is 95.1 cm³/mol. The minimum Gasteiger partial charge on any atom is -0.506 e. The molecule has 0 unspecified atom stereocenters. The Balaban J connectivity index is 2.30. The standard InChI is InChI=1S/C17H22BrN3O2/c1-9(2)14-13(18)15(21-20-14)16(23)19-11-8-10(17(3,4)5)6-7-12(11)22/h6-9,22H,1-5H3,(H,19,23)(H,20,21). The SMILES string of the molecule is CC(C)c1[nH]nc(C(=O)Nc2cc(C(C)(C)C)ccc2O)c1Br. The fourth-order valence-electron chi connectivity index (χ4n) is 2.16. The molecule has 0 radical (unpaired) electrons. The number of amides is 1. The van der Waals surface area contributed by atoms with Crippen molar-refractivity contribution in [3.63, 3.8) is 0 Å². The molecule has 6 heteroatoms. The van der Waals surface area contributed by atoms with Gasteiger partial charge in [0.05, 0.1) is 15.9 Å². The first-order chi connectivity index (χ1) is 10.6. The van der Waals surface area contributed by atoms with Gasteiger partial charge in [-0.3, -0.25) is 9.89 Å². The Morgan fingerprint density at radius 1 is 1.35 bits per heavy atom. The van der Waals surface area contributed by atoms with Crippen LogP contribution in [-0.4, -0.2) is 21.2 Å². The average Bonchev–Trinajstić information content (AvgIpc) is 2.82. The highest BCUT2D eigenvalue weighted by molar-refractivity contribution is 9.10. The summed E-state index contributed by atoms with van der Waals surface area (Å²) in [6, 6.07) is 5.23. The third kappa shape index (κ3) is 3.75. The molecule has 0 saturated heterocycles. The van der Waals surface area contributed by atoms with Gasteiger partial charge < -0.3 is 10.4 Å². The summed E-state index contributed by atoms with van der Waals surface area (Å²) in [6.45, 7) is 10.2. The maximum Gasteiger partial charge on any atom is 0.277 e. The molecule has 0 bridgehead atoms. The summed E-state index contributed by atoms with van der Waals surface area (Å²) in [4.78, 5) is 12.4. The lowest BCUT2D eigenvalue weighted by Gasteiger charge is -2.20. The number of aromatic hydroxyl groups is 1. The number of aromatic amines is 1. The summed E-state index contributed by atoms with van der Waals surface area (Å²) in [5, 5.41) is 19.7. The lowest BCUT2D eigenvalue weighted by molar-refractivity contribution is 0.102. The van der Waals surface area contributed by atoms with Crippen molar-refractivity contribution in [3.05, 3.63) is 39.6 Å². The number of phenols is 1. The molecule has 0 fully saturated rings. The van der Waals surface area contributed by atoms with Gasteiger partial charge in [-0.25, -0.2) is 0 Å². The summed E-state index contributed by atoms with van der Waals surface area (Å²) < 4.78 is 0.650. The monoisotopic (exact) mass is 379 g/mol. The maximum absolute atomic E-state index is 12.4. The van der Waals surface area contributed by atoms with Gasteiger partial charge in [-0.2, -0.15) is 5.10 Å². The highest BCUT2D eigenvalue weighted by Gasteiger charge is 2.21. The molecule has 5 nitrogen and oxygen atoms in total. The van der Waals surface area contributed by atoms with E-state index in [1.165, 1.54) is 0 Å². The molecule has 2 rings (SSSR count). The summed E-state index contributed by atoms with van der Waals surface area (Å²) in [5.41, 5.74) is 2.46. The third-order valence-corrected chi connectivity index (χ3v) is 4.44. The lowest BCUT2D eigenvalue weighted by atomic mass is 9.87.